The number of esters is 1. The Hall–Kier alpha value is -2.76. The maximum atomic E-state index is 13.7. The number of H-pyrrole nitrogens is 1. The number of methoxy groups -OCH3 is 1. The molecule has 0 bridgehead atoms. The van der Waals surface area contributed by atoms with Gasteiger partial charge in [-0.2, -0.15) is 0 Å². The van der Waals surface area contributed by atoms with E-state index in [0.29, 0.717) is 16.2 Å². The normalized spacial score (nSPS) is 10.9. The van der Waals surface area contributed by atoms with Crippen molar-refractivity contribution in [2.45, 2.75) is 0 Å². The molecule has 20 heavy (non-hydrogen) atoms. The van der Waals surface area contributed by atoms with E-state index in [1.165, 1.54) is 25.6 Å². The zero-order chi connectivity index (χ0) is 14.3. The summed E-state index contributed by atoms with van der Waals surface area (Å²) < 4.78 is 18.3. The van der Waals surface area contributed by atoms with Gasteiger partial charge in [-0.1, -0.05) is 0 Å². The average molecular weight is 272 g/mol. The van der Waals surface area contributed by atoms with Crippen molar-refractivity contribution in [3.63, 3.8) is 0 Å². The summed E-state index contributed by atoms with van der Waals surface area (Å²) in [7, 11) is 1.20. The summed E-state index contributed by atoms with van der Waals surface area (Å²) in [6, 6.07) is 3.91. The molecule has 0 aliphatic rings. The average Bonchev–Trinajstić information content (AvgIpc) is 2.47. The number of fused-ring (bicyclic) bond motifs is 3. The standard InChI is InChI=1S/C14H9FN2O3/c1-20-14(19)10-5-7(15)4-9-8-2-3-16-6-11(8)13(18)17-12(9)10/h2-6H,1H3,(H,17,18). The van der Waals surface area contributed by atoms with Gasteiger partial charge in [0.05, 0.1) is 23.6 Å². The van der Waals surface area contributed by atoms with Gasteiger partial charge in [-0.05, 0) is 23.6 Å². The molecule has 0 saturated carbocycles. The zero-order valence-electron chi connectivity index (χ0n) is 10.4. The Morgan fingerprint density at radius 1 is 1.30 bits per heavy atom. The lowest BCUT2D eigenvalue weighted by Crippen LogP contribution is -2.11. The molecular formula is C14H9FN2O3. The van der Waals surface area contributed by atoms with Crippen LogP contribution in [-0.2, 0) is 4.74 Å². The van der Waals surface area contributed by atoms with Crippen molar-refractivity contribution in [2.75, 3.05) is 7.11 Å². The van der Waals surface area contributed by atoms with E-state index in [9.17, 15) is 14.0 Å². The number of rotatable bonds is 1. The van der Waals surface area contributed by atoms with Gasteiger partial charge in [0, 0.05) is 17.8 Å². The number of aromatic amines is 1. The van der Waals surface area contributed by atoms with E-state index in [1.807, 2.05) is 0 Å². The Kier molecular flexibility index (Phi) is 2.71. The first kappa shape index (κ1) is 12.3. The third kappa shape index (κ3) is 1.73. The number of nitrogens with zero attached hydrogens (tertiary/aromatic N) is 1. The largest absolute Gasteiger partial charge is 0.465 e. The van der Waals surface area contributed by atoms with Crippen molar-refractivity contribution in [1.29, 1.82) is 0 Å². The minimum Gasteiger partial charge on any atom is -0.465 e. The van der Waals surface area contributed by atoms with Crippen LogP contribution in [0.3, 0.4) is 0 Å². The van der Waals surface area contributed by atoms with Crippen LogP contribution in [0.4, 0.5) is 4.39 Å². The lowest BCUT2D eigenvalue weighted by atomic mass is 10.0. The number of carbonyl (C=O) groups is 1. The number of carbonyl (C=O) groups excluding carboxylic acids is 1. The van der Waals surface area contributed by atoms with Crippen molar-refractivity contribution >= 4 is 27.6 Å². The third-order valence-electron chi connectivity index (χ3n) is 3.10. The summed E-state index contributed by atoms with van der Waals surface area (Å²) in [5, 5.41) is 1.30. The zero-order valence-corrected chi connectivity index (χ0v) is 10.4. The van der Waals surface area contributed by atoms with Gasteiger partial charge >= 0.3 is 5.97 Å². The summed E-state index contributed by atoms with van der Waals surface area (Å²) in [4.78, 5) is 30.2. The minimum atomic E-state index is -0.710. The van der Waals surface area contributed by atoms with Gasteiger partial charge in [-0.3, -0.25) is 9.78 Å². The first-order valence-electron chi connectivity index (χ1n) is 5.79. The van der Waals surface area contributed by atoms with Gasteiger partial charge in [-0.25, -0.2) is 9.18 Å². The highest BCUT2D eigenvalue weighted by Gasteiger charge is 2.16. The predicted octanol–water partition coefficient (Wildman–Crippen LogP) is 2.00. The Morgan fingerprint density at radius 3 is 2.85 bits per heavy atom. The van der Waals surface area contributed by atoms with Crippen LogP contribution in [0.15, 0.2) is 35.4 Å². The number of pyridine rings is 2. The molecule has 1 aromatic carbocycles. The molecule has 0 spiro atoms. The topological polar surface area (TPSA) is 72.1 Å². The predicted molar refractivity (Wildman–Crippen MR) is 71.2 cm³/mol. The van der Waals surface area contributed by atoms with Crippen LogP contribution in [0, 0.1) is 5.82 Å². The smallest absolute Gasteiger partial charge is 0.340 e. The van der Waals surface area contributed by atoms with Crippen molar-refractivity contribution in [3.05, 3.63) is 52.3 Å². The molecule has 0 fully saturated rings. The Morgan fingerprint density at radius 2 is 2.10 bits per heavy atom. The van der Waals surface area contributed by atoms with E-state index >= 15 is 0 Å². The van der Waals surface area contributed by atoms with E-state index in [-0.39, 0.29) is 11.1 Å². The Bertz CT molecular complexity index is 902. The van der Waals surface area contributed by atoms with Gasteiger partial charge in [0.1, 0.15) is 5.82 Å². The third-order valence-corrected chi connectivity index (χ3v) is 3.10. The lowest BCUT2D eigenvalue weighted by molar-refractivity contribution is 0.0602. The highest BCUT2D eigenvalue weighted by molar-refractivity contribution is 6.11. The molecule has 100 valence electrons. The first-order chi connectivity index (χ1) is 9.61. The minimum absolute atomic E-state index is 0.0155. The van der Waals surface area contributed by atoms with Crippen LogP contribution in [0.2, 0.25) is 0 Å². The van der Waals surface area contributed by atoms with E-state index < -0.39 is 17.3 Å². The molecule has 3 aromatic rings. The van der Waals surface area contributed by atoms with Crippen LogP contribution in [0.5, 0.6) is 0 Å². The fourth-order valence-corrected chi connectivity index (χ4v) is 2.22. The molecule has 0 aliphatic heterocycles. The molecular weight excluding hydrogens is 263 g/mol. The molecule has 1 N–H and O–H groups in total. The number of aromatic nitrogens is 2. The van der Waals surface area contributed by atoms with Crippen LogP contribution >= 0.6 is 0 Å². The van der Waals surface area contributed by atoms with Crippen molar-refractivity contribution in [1.82, 2.24) is 9.97 Å². The van der Waals surface area contributed by atoms with Gasteiger partial charge in [0.25, 0.3) is 5.56 Å². The second-order valence-corrected chi connectivity index (χ2v) is 4.24. The van der Waals surface area contributed by atoms with Crippen molar-refractivity contribution in [3.8, 4) is 0 Å². The van der Waals surface area contributed by atoms with Crippen molar-refractivity contribution < 1.29 is 13.9 Å². The second-order valence-electron chi connectivity index (χ2n) is 4.24. The van der Waals surface area contributed by atoms with Gasteiger partial charge in [0.15, 0.2) is 0 Å². The maximum absolute atomic E-state index is 13.7. The molecule has 0 unspecified atom stereocenters. The van der Waals surface area contributed by atoms with Crippen LogP contribution < -0.4 is 5.56 Å². The molecule has 0 aliphatic carbocycles. The van der Waals surface area contributed by atoms with Crippen molar-refractivity contribution in [2.24, 2.45) is 0 Å². The summed E-state index contributed by atoms with van der Waals surface area (Å²) in [5.41, 5.74) is -0.155. The Balaban J connectivity index is 2.57. The monoisotopic (exact) mass is 272 g/mol. The van der Waals surface area contributed by atoms with Crippen LogP contribution in [-0.4, -0.2) is 23.0 Å². The second kappa shape index (κ2) is 4.41. The van der Waals surface area contributed by atoms with E-state index in [2.05, 4.69) is 14.7 Å². The van der Waals surface area contributed by atoms with Gasteiger partial charge in [-0.15, -0.1) is 0 Å². The van der Waals surface area contributed by atoms with Crippen LogP contribution in [0.1, 0.15) is 10.4 Å². The molecule has 2 aromatic heterocycles. The number of halogens is 1. The summed E-state index contributed by atoms with van der Waals surface area (Å²) >= 11 is 0. The number of nitrogens with one attached hydrogen (secondary N) is 1. The molecule has 5 nitrogen and oxygen atoms in total. The molecule has 0 radical (unpaired) electrons. The van der Waals surface area contributed by atoms with Gasteiger partial charge < -0.3 is 9.72 Å². The number of ether oxygens (including phenoxy) is 1. The summed E-state index contributed by atoms with van der Waals surface area (Å²) in [5.74, 6) is -1.29. The molecule has 0 atom stereocenters. The molecule has 2 heterocycles. The molecule has 0 amide bonds. The lowest BCUT2D eigenvalue weighted by Gasteiger charge is -2.07. The highest BCUT2D eigenvalue weighted by atomic mass is 19.1. The molecule has 0 saturated heterocycles. The summed E-state index contributed by atoms with van der Waals surface area (Å²) in [6.07, 6.45) is 2.90. The van der Waals surface area contributed by atoms with E-state index in [0.717, 1.165) is 6.07 Å². The fourth-order valence-electron chi connectivity index (χ4n) is 2.22. The SMILES string of the molecule is COC(=O)c1cc(F)cc2c1[nH]c(=O)c1cnccc12. The summed E-state index contributed by atoms with van der Waals surface area (Å²) in [6.45, 7) is 0. The van der Waals surface area contributed by atoms with E-state index in [1.54, 1.807) is 6.07 Å². The number of hydrogen-bond donors (Lipinski definition) is 1. The van der Waals surface area contributed by atoms with Gasteiger partial charge in [0.2, 0.25) is 0 Å². The molecule has 3 rings (SSSR count). The highest BCUT2D eigenvalue weighted by Crippen LogP contribution is 2.24. The Labute approximate surface area is 112 Å². The fraction of sp³-hybridized carbons (Fsp3) is 0.0714. The number of benzene rings is 1. The number of hydrogen-bond acceptors (Lipinski definition) is 4. The van der Waals surface area contributed by atoms with E-state index in [4.69, 9.17) is 0 Å². The maximum Gasteiger partial charge on any atom is 0.340 e. The first-order valence-corrected chi connectivity index (χ1v) is 5.79. The van der Waals surface area contributed by atoms with Crippen LogP contribution in [0.25, 0.3) is 21.7 Å². The quantitative estimate of drug-likeness (QED) is 0.543. The molecule has 6 heteroatoms.